The minimum Gasteiger partial charge on any atom is -0.495 e. The Morgan fingerprint density at radius 2 is 2.03 bits per heavy atom. The number of ether oxygens (including phenoxy) is 1. The fourth-order valence-corrected chi connectivity index (χ4v) is 5.62. The summed E-state index contributed by atoms with van der Waals surface area (Å²) < 4.78 is 5.30. The first kappa shape index (κ1) is 23.4. The molecule has 35 heavy (non-hydrogen) atoms. The van der Waals surface area contributed by atoms with Crippen molar-refractivity contribution in [2.45, 2.75) is 25.2 Å². The lowest BCUT2D eigenvalue weighted by atomic mass is 9.97. The maximum Gasteiger partial charge on any atom is 0.275 e. The van der Waals surface area contributed by atoms with Gasteiger partial charge in [0.1, 0.15) is 11.4 Å². The van der Waals surface area contributed by atoms with Crippen molar-refractivity contribution in [3.8, 4) is 5.75 Å². The molecule has 1 saturated heterocycles. The number of para-hydroxylation sites is 1. The Labute approximate surface area is 212 Å². The molecule has 0 atom stereocenters. The number of anilines is 1. The molecule has 0 bridgehead atoms. The third kappa shape index (κ3) is 5.04. The van der Waals surface area contributed by atoms with E-state index in [-0.39, 0.29) is 17.7 Å². The Bertz CT molecular complexity index is 1370. The predicted molar refractivity (Wildman–Crippen MR) is 139 cm³/mol. The van der Waals surface area contributed by atoms with Gasteiger partial charge in [-0.05, 0) is 42.7 Å². The highest BCUT2D eigenvalue weighted by atomic mass is 35.5. The number of nitrogens with zero attached hydrogens (tertiary/aromatic N) is 2. The predicted octanol–water partition coefficient (Wildman–Crippen LogP) is 5.49. The number of amides is 2. The molecule has 1 aliphatic rings. The molecule has 2 amide bonds. The topological polar surface area (TPSA) is 87.3 Å². The zero-order valence-electron chi connectivity index (χ0n) is 19.2. The lowest BCUT2D eigenvalue weighted by Gasteiger charge is -2.31. The number of thiazole rings is 1. The molecule has 0 spiro atoms. The van der Waals surface area contributed by atoms with Crippen LogP contribution in [0, 0.1) is 0 Å². The van der Waals surface area contributed by atoms with Gasteiger partial charge in [-0.2, -0.15) is 0 Å². The molecule has 7 nitrogen and oxygen atoms in total. The maximum absolute atomic E-state index is 12.9. The average molecular weight is 509 g/mol. The van der Waals surface area contributed by atoms with Gasteiger partial charge in [-0.15, -0.1) is 11.3 Å². The highest BCUT2D eigenvalue weighted by molar-refractivity contribution is 7.10. The highest BCUT2D eigenvalue weighted by Crippen LogP contribution is 2.32. The maximum atomic E-state index is 12.9. The number of piperidine rings is 1. The number of carbonyl (C=O) groups is 2. The summed E-state index contributed by atoms with van der Waals surface area (Å²) in [5, 5.41) is 7.14. The number of aromatic amines is 1. The zero-order chi connectivity index (χ0) is 24.4. The number of H-pyrrole nitrogens is 1. The van der Waals surface area contributed by atoms with Crippen LogP contribution in [0.2, 0.25) is 5.02 Å². The van der Waals surface area contributed by atoms with Crippen molar-refractivity contribution in [2.75, 3.05) is 25.5 Å². The number of methoxy groups -OCH3 is 1. The number of nitrogens with one attached hydrogen (secondary N) is 2. The third-order valence-corrected chi connectivity index (χ3v) is 7.62. The quantitative estimate of drug-likeness (QED) is 0.360. The van der Waals surface area contributed by atoms with Gasteiger partial charge in [-0.3, -0.25) is 9.59 Å². The molecule has 2 aromatic heterocycles. The standard InChI is InChI=1S/C26H25ClN4O3S/c1-34-23-7-6-18(27)13-21(23)29-25(33)22-15-35-26(30-22)16-8-10-31(11-9-16)24(32)12-17-14-28-20-5-3-2-4-19(17)20/h2-7,13-16,28H,8-12H2,1H3,(H,29,33). The molecule has 5 rings (SSSR count). The molecule has 9 heteroatoms. The number of carbonyl (C=O) groups excluding carboxylic acids is 2. The first-order valence-electron chi connectivity index (χ1n) is 11.4. The SMILES string of the molecule is COc1ccc(Cl)cc1NC(=O)c1csc(C2CCN(C(=O)Cc3c[nH]c4ccccc34)CC2)n1. The van der Waals surface area contributed by atoms with Crippen molar-refractivity contribution >= 4 is 51.3 Å². The Kier molecular flexibility index (Phi) is 6.74. The van der Waals surface area contributed by atoms with Crippen molar-refractivity contribution < 1.29 is 14.3 Å². The van der Waals surface area contributed by atoms with Gasteiger partial charge in [0.05, 0.1) is 24.2 Å². The Balaban J connectivity index is 1.18. The number of hydrogen-bond donors (Lipinski definition) is 2. The Morgan fingerprint density at radius 3 is 2.83 bits per heavy atom. The van der Waals surface area contributed by atoms with Gasteiger partial charge < -0.3 is 19.9 Å². The molecule has 2 aromatic carbocycles. The summed E-state index contributed by atoms with van der Waals surface area (Å²) in [4.78, 5) is 35.4. The molecule has 1 fully saturated rings. The van der Waals surface area contributed by atoms with Crippen LogP contribution < -0.4 is 10.1 Å². The summed E-state index contributed by atoms with van der Waals surface area (Å²) in [7, 11) is 1.54. The molecule has 2 N–H and O–H groups in total. The summed E-state index contributed by atoms with van der Waals surface area (Å²) >= 11 is 7.54. The van der Waals surface area contributed by atoms with Crippen LogP contribution in [-0.2, 0) is 11.2 Å². The van der Waals surface area contributed by atoms with E-state index in [9.17, 15) is 9.59 Å². The second-order valence-corrected chi connectivity index (χ2v) is 9.89. The Morgan fingerprint density at radius 1 is 1.23 bits per heavy atom. The first-order valence-corrected chi connectivity index (χ1v) is 12.7. The van der Waals surface area contributed by atoms with Gasteiger partial charge in [0.2, 0.25) is 5.91 Å². The number of likely N-dealkylation sites (tertiary alicyclic amines) is 1. The molecule has 0 unspecified atom stereocenters. The van der Waals surface area contributed by atoms with Crippen LogP contribution in [0.5, 0.6) is 5.75 Å². The molecule has 1 aliphatic heterocycles. The Hall–Kier alpha value is -3.36. The van der Waals surface area contributed by atoms with Crippen molar-refractivity contribution in [3.63, 3.8) is 0 Å². The molecule has 0 aliphatic carbocycles. The van der Waals surface area contributed by atoms with E-state index in [0.717, 1.165) is 34.3 Å². The molecule has 180 valence electrons. The second kappa shape index (κ2) is 10.1. The fraction of sp³-hybridized carbons (Fsp3) is 0.269. The first-order chi connectivity index (χ1) is 17.0. The van der Waals surface area contributed by atoms with Crippen LogP contribution in [0.15, 0.2) is 54.0 Å². The van der Waals surface area contributed by atoms with E-state index in [1.807, 2.05) is 35.4 Å². The number of fused-ring (bicyclic) bond motifs is 1. The van der Waals surface area contributed by atoms with E-state index in [1.165, 1.54) is 18.4 Å². The number of aromatic nitrogens is 2. The summed E-state index contributed by atoms with van der Waals surface area (Å²) in [6, 6.07) is 13.1. The average Bonchev–Trinajstić information content (AvgIpc) is 3.52. The van der Waals surface area contributed by atoms with Gasteiger partial charge >= 0.3 is 0 Å². The van der Waals surface area contributed by atoms with E-state index in [0.29, 0.717) is 41.7 Å². The van der Waals surface area contributed by atoms with Gasteiger partial charge in [0, 0.05) is 46.5 Å². The second-order valence-electron chi connectivity index (χ2n) is 8.56. The zero-order valence-corrected chi connectivity index (χ0v) is 20.8. The molecular formula is C26H25ClN4O3S. The van der Waals surface area contributed by atoms with Crippen LogP contribution in [0.1, 0.15) is 39.8 Å². The van der Waals surface area contributed by atoms with Crippen molar-refractivity contribution in [3.05, 3.63) is 75.3 Å². The smallest absolute Gasteiger partial charge is 0.275 e. The summed E-state index contributed by atoms with van der Waals surface area (Å²) in [6.07, 6.45) is 3.98. The molecule has 4 aromatic rings. The summed E-state index contributed by atoms with van der Waals surface area (Å²) in [5.74, 6) is 0.601. The number of halogens is 1. The minimum absolute atomic E-state index is 0.142. The van der Waals surface area contributed by atoms with Crippen molar-refractivity contribution in [2.24, 2.45) is 0 Å². The third-order valence-electron chi connectivity index (χ3n) is 6.38. The molecule has 0 radical (unpaired) electrons. The van der Waals surface area contributed by atoms with E-state index in [2.05, 4.69) is 15.3 Å². The van der Waals surface area contributed by atoms with Crippen LogP contribution in [0.3, 0.4) is 0 Å². The van der Waals surface area contributed by atoms with Crippen molar-refractivity contribution in [1.82, 2.24) is 14.9 Å². The van der Waals surface area contributed by atoms with Gasteiger partial charge in [0.25, 0.3) is 5.91 Å². The van der Waals surface area contributed by atoms with Crippen LogP contribution in [0.4, 0.5) is 5.69 Å². The molecular weight excluding hydrogens is 484 g/mol. The van der Waals surface area contributed by atoms with E-state index in [1.54, 1.807) is 23.6 Å². The van der Waals surface area contributed by atoms with Crippen LogP contribution in [0.25, 0.3) is 10.9 Å². The van der Waals surface area contributed by atoms with Gasteiger partial charge in [0.15, 0.2) is 0 Å². The van der Waals surface area contributed by atoms with E-state index < -0.39 is 0 Å². The fourth-order valence-electron chi connectivity index (χ4n) is 4.47. The van der Waals surface area contributed by atoms with Crippen LogP contribution in [-0.4, -0.2) is 46.9 Å². The largest absolute Gasteiger partial charge is 0.495 e. The summed E-state index contributed by atoms with van der Waals surface area (Å²) in [6.45, 7) is 1.37. The number of rotatable bonds is 6. The highest BCUT2D eigenvalue weighted by Gasteiger charge is 2.27. The number of hydrogen-bond acceptors (Lipinski definition) is 5. The van der Waals surface area contributed by atoms with Gasteiger partial charge in [-0.1, -0.05) is 29.8 Å². The normalized spacial score (nSPS) is 14.3. The number of benzene rings is 2. The monoisotopic (exact) mass is 508 g/mol. The lowest BCUT2D eigenvalue weighted by Crippen LogP contribution is -2.38. The van der Waals surface area contributed by atoms with E-state index >= 15 is 0 Å². The molecule has 3 heterocycles. The van der Waals surface area contributed by atoms with Crippen LogP contribution >= 0.6 is 22.9 Å². The van der Waals surface area contributed by atoms with Crippen molar-refractivity contribution in [1.29, 1.82) is 0 Å². The van der Waals surface area contributed by atoms with Gasteiger partial charge in [-0.25, -0.2) is 4.98 Å². The van der Waals surface area contributed by atoms with E-state index in [4.69, 9.17) is 16.3 Å². The summed E-state index contributed by atoms with van der Waals surface area (Å²) in [5.41, 5.74) is 2.94. The molecule has 0 saturated carbocycles. The minimum atomic E-state index is -0.306. The lowest BCUT2D eigenvalue weighted by molar-refractivity contribution is -0.131.